The number of nitrogens with one attached hydrogen (secondary N) is 1. The van der Waals surface area contributed by atoms with E-state index >= 15 is 0 Å². The highest BCUT2D eigenvalue weighted by Crippen LogP contribution is 2.33. The van der Waals surface area contributed by atoms with Crippen molar-refractivity contribution in [2.24, 2.45) is 4.99 Å². The number of hydrogen-bond donors (Lipinski definition) is 2. The smallest absolute Gasteiger partial charge is 0.257 e. The van der Waals surface area contributed by atoms with Crippen LogP contribution in [0.1, 0.15) is 16.7 Å². The molecule has 0 amide bonds. The maximum absolute atomic E-state index is 12.6. The van der Waals surface area contributed by atoms with Gasteiger partial charge in [0, 0.05) is 31.4 Å². The quantitative estimate of drug-likeness (QED) is 0.704. The minimum atomic E-state index is -0.142. The Kier molecular flexibility index (Phi) is 4.94. The van der Waals surface area contributed by atoms with Gasteiger partial charge in [-0.05, 0) is 46.5 Å². The van der Waals surface area contributed by atoms with Gasteiger partial charge in [-0.1, -0.05) is 24.3 Å². The Morgan fingerprint density at radius 1 is 1.07 bits per heavy atom. The number of aliphatic hydroxyl groups is 1. The number of fused-ring (bicyclic) bond motifs is 1. The lowest BCUT2D eigenvalue weighted by Crippen LogP contribution is -2.36. The zero-order valence-electron chi connectivity index (χ0n) is 16.6. The summed E-state index contributed by atoms with van der Waals surface area (Å²) in [5.74, 6) is 0. The molecule has 30 heavy (non-hydrogen) atoms. The minimum absolute atomic E-state index is 0.0163. The van der Waals surface area contributed by atoms with Gasteiger partial charge in [0.15, 0.2) is 0 Å². The second-order valence-electron chi connectivity index (χ2n) is 7.64. The molecule has 0 atom stereocenters. The van der Waals surface area contributed by atoms with Gasteiger partial charge in [-0.2, -0.15) is 0 Å². The van der Waals surface area contributed by atoms with Crippen molar-refractivity contribution in [1.82, 2.24) is 4.98 Å². The summed E-state index contributed by atoms with van der Waals surface area (Å²) in [5, 5.41) is 9.41. The van der Waals surface area contributed by atoms with Gasteiger partial charge in [-0.25, -0.2) is 0 Å². The van der Waals surface area contributed by atoms with E-state index in [9.17, 15) is 9.90 Å². The van der Waals surface area contributed by atoms with Crippen molar-refractivity contribution in [2.75, 3.05) is 31.2 Å². The SMILES string of the molecule is O=c1[nH]cc(-c2cccc(CO)c2)cc1C1=Nc2cc(N3CCOCC3)ccc2C1. The van der Waals surface area contributed by atoms with Gasteiger partial charge in [0.1, 0.15) is 0 Å². The summed E-state index contributed by atoms with van der Waals surface area (Å²) in [6, 6.07) is 15.9. The third kappa shape index (κ3) is 3.56. The number of aliphatic hydroxyl groups excluding tert-OH is 1. The monoisotopic (exact) mass is 401 g/mol. The highest BCUT2D eigenvalue weighted by molar-refractivity contribution is 6.07. The molecule has 0 unspecified atom stereocenters. The van der Waals surface area contributed by atoms with Crippen LogP contribution in [-0.4, -0.2) is 42.1 Å². The number of anilines is 1. The topological polar surface area (TPSA) is 77.9 Å². The third-order valence-corrected chi connectivity index (χ3v) is 5.72. The Bertz CT molecular complexity index is 1180. The van der Waals surface area contributed by atoms with Gasteiger partial charge in [0.2, 0.25) is 0 Å². The summed E-state index contributed by atoms with van der Waals surface area (Å²) in [5.41, 5.74) is 7.12. The first-order valence-electron chi connectivity index (χ1n) is 10.2. The van der Waals surface area contributed by atoms with E-state index in [-0.39, 0.29) is 12.2 Å². The zero-order chi connectivity index (χ0) is 20.5. The number of rotatable bonds is 4. The Morgan fingerprint density at radius 3 is 2.77 bits per heavy atom. The Morgan fingerprint density at radius 2 is 1.93 bits per heavy atom. The van der Waals surface area contributed by atoms with Crippen LogP contribution in [-0.2, 0) is 17.8 Å². The fourth-order valence-corrected chi connectivity index (χ4v) is 4.06. The molecule has 152 valence electrons. The largest absolute Gasteiger partial charge is 0.392 e. The highest BCUT2D eigenvalue weighted by atomic mass is 16.5. The number of pyridine rings is 1. The first kappa shape index (κ1) is 18.8. The summed E-state index contributed by atoms with van der Waals surface area (Å²) in [4.78, 5) is 22.5. The molecule has 2 aromatic carbocycles. The van der Waals surface area contributed by atoms with Gasteiger partial charge < -0.3 is 19.7 Å². The summed E-state index contributed by atoms with van der Waals surface area (Å²) >= 11 is 0. The van der Waals surface area contributed by atoms with Crippen LogP contribution in [0.25, 0.3) is 11.1 Å². The molecule has 0 saturated carbocycles. The molecule has 5 rings (SSSR count). The standard InChI is InChI=1S/C24H23N3O3/c28-15-16-2-1-3-17(10-16)19-11-21(24(29)25-14-19)23-12-18-4-5-20(13-22(18)26-23)27-6-8-30-9-7-27/h1-5,10-11,13-14,28H,6-9,12,15H2,(H,25,29). The zero-order valence-corrected chi connectivity index (χ0v) is 16.6. The van der Waals surface area contributed by atoms with Gasteiger partial charge in [-0.3, -0.25) is 9.79 Å². The number of hydrogen-bond acceptors (Lipinski definition) is 5. The molecule has 3 aromatic rings. The number of H-pyrrole nitrogens is 1. The van der Waals surface area contributed by atoms with E-state index in [4.69, 9.17) is 9.73 Å². The number of aromatic nitrogens is 1. The van der Waals surface area contributed by atoms with Crippen molar-refractivity contribution in [1.29, 1.82) is 0 Å². The van der Waals surface area contributed by atoms with Crippen LogP contribution in [0.3, 0.4) is 0 Å². The Labute approximate surface area is 174 Å². The molecule has 6 heteroatoms. The van der Waals surface area contributed by atoms with E-state index in [1.807, 2.05) is 30.3 Å². The molecule has 0 aliphatic carbocycles. The predicted molar refractivity (Wildman–Crippen MR) is 118 cm³/mol. The molecule has 0 bridgehead atoms. The van der Waals surface area contributed by atoms with E-state index in [1.165, 1.54) is 0 Å². The second-order valence-corrected chi connectivity index (χ2v) is 7.64. The van der Waals surface area contributed by atoms with E-state index < -0.39 is 0 Å². The molecule has 2 N–H and O–H groups in total. The number of aliphatic imine (C=N–C) groups is 1. The summed E-state index contributed by atoms with van der Waals surface area (Å²) in [7, 11) is 0. The first-order chi connectivity index (χ1) is 14.7. The van der Waals surface area contributed by atoms with Crippen molar-refractivity contribution in [2.45, 2.75) is 13.0 Å². The maximum Gasteiger partial charge on any atom is 0.257 e. The summed E-state index contributed by atoms with van der Waals surface area (Å²) < 4.78 is 5.44. The molecular formula is C24H23N3O3. The third-order valence-electron chi connectivity index (χ3n) is 5.72. The van der Waals surface area contributed by atoms with E-state index in [1.54, 1.807) is 6.20 Å². The van der Waals surface area contributed by atoms with Crippen LogP contribution in [0.4, 0.5) is 11.4 Å². The lowest BCUT2D eigenvalue weighted by molar-refractivity contribution is 0.122. The molecule has 2 aliphatic rings. The van der Waals surface area contributed by atoms with Crippen LogP contribution >= 0.6 is 0 Å². The van der Waals surface area contributed by atoms with Gasteiger partial charge in [-0.15, -0.1) is 0 Å². The summed E-state index contributed by atoms with van der Waals surface area (Å²) in [6.45, 7) is 3.22. The predicted octanol–water partition coefficient (Wildman–Crippen LogP) is 3.05. The van der Waals surface area contributed by atoms with Crippen LogP contribution in [0.2, 0.25) is 0 Å². The molecule has 1 saturated heterocycles. The normalized spacial score (nSPS) is 15.8. The minimum Gasteiger partial charge on any atom is -0.392 e. The molecule has 1 aromatic heterocycles. The number of benzene rings is 2. The van der Waals surface area contributed by atoms with Crippen LogP contribution in [0.15, 0.2) is 64.5 Å². The number of morpholine rings is 1. The summed E-state index contributed by atoms with van der Waals surface area (Å²) in [6.07, 6.45) is 2.35. The highest BCUT2D eigenvalue weighted by Gasteiger charge is 2.21. The van der Waals surface area contributed by atoms with Crippen molar-refractivity contribution in [3.63, 3.8) is 0 Å². The number of nitrogens with zero attached hydrogens (tertiary/aromatic N) is 2. The van der Waals surface area contributed by atoms with Crippen molar-refractivity contribution < 1.29 is 9.84 Å². The second kappa shape index (κ2) is 7.89. The fourth-order valence-electron chi connectivity index (χ4n) is 4.06. The molecule has 0 radical (unpaired) electrons. The molecule has 0 spiro atoms. The van der Waals surface area contributed by atoms with Gasteiger partial charge in [0.05, 0.1) is 36.8 Å². The van der Waals surface area contributed by atoms with Crippen LogP contribution in [0.5, 0.6) is 0 Å². The molecule has 3 heterocycles. The van der Waals surface area contributed by atoms with Crippen molar-refractivity contribution in [3.8, 4) is 11.1 Å². The lowest BCUT2D eigenvalue weighted by Gasteiger charge is -2.29. The first-order valence-corrected chi connectivity index (χ1v) is 10.2. The fraction of sp³-hybridized carbons (Fsp3) is 0.250. The lowest BCUT2D eigenvalue weighted by atomic mass is 10.00. The molecule has 2 aliphatic heterocycles. The van der Waals surface area contributed by atoms with Crippen LogP contribution in [0, 0.1) is 0 Å². The van der Waals surface area contributed by atoms with Crippen molar-refractivity contribution in [3.05, 3.63) is 81.8 Å². The molecule has 6 nitrogen and oxygen atoms in total. The van der Waals surface area contributed by atoms with Gasteiger partial charge in [0.25, 0.3) is 5.56 Å². The van der Waals surface area contributed by atoms with E-state index in [0.29, 0.717) is 12.0 Å². The van der Waals surface area contributed by atoms with Gasteiger partial charge >= 0.3 is 0 Å². The Balaban J connectivity index is 1.48. The molecule has 1 fully saturated rings. The van der Waals surface area contributed by atoms with E-state index in [2.05, 4.69) is 28.1 Å². The number of ether oxygens (including phenoxy) is 1. The van der Waals surface area contributed by atoms with Crippen LogP contribution < -0.4 is 10.5 Å². The van der Waals surface area contributed by atoms with Crippen molar-refractivity contribution >= 4 is 17.1 Å². The average Bonchev–Trinajstić information content (AvgIpc) is 3.23. The maximum atomic E-state index is 12.6. The average molecular weight is 401 g/mol. The molecular weight excluding hydrogens is 378 g/mol. The van der Waals surface area contributed by atoms with E-state index in [0.717, 1.165) is 65.6 Å². The Hall–Kier alpha value is -3.22. The number of aromatic amines is 1.